The first-order valence-corrected chi connectivity index (χ1v) is 11.1. The Balaban J connectivity index is 1.43. The van der Waals surface area contributed by atoms with Gasteiger partial charge < -0.3 is 4.90 Å². The van der Waals surface area contributed by atoms with E-state index >= 15 is 0 Å². The Morgan fingerprint density at radius 2 is 1.30 bits per heavy atom. The van der Waals surface area contributed by atoms with Crippen LogP contribution < -0.4 is 0 Å². The molecule has 3 aromatic carbocycles. The zero-order chi connectivity index (χ0) is 20.8. The van der Waals surface area contributed by atoms with E-state index in [0.29, 0.717) is 0 Å². The molecule has 0 aliphatic carbocycles. The summed E-state index contributed by atoms with van der Waals surface area (Å²) in [5, 5.41) is 0. The van der Waals surface area contributed by atoms with Crippen molar-refractivity contribution in [2.75, 3.05) is 26.2 Å². The SMILES string of the molecule is O=C(C=Cc1ccc(Br)cc1)N1CCN(C(c2ccccc2)c2ccccc2)CC1. The van der Waals surface area contributed by atoms with E-state index in [-0.39, 0.29) is 11.9 Å². The van der Waals surface area contributed by atoms with Crippen LogP contribution in [0, 0.1) is 0 Å². The highest BCUT2D eigenvalue weighted by molar-refractivity contribution is 9.10. The van der Waals surface area contributed by atoms with Gasteiger partial charge in [0, 0.05) is 36.7 Å². The molecule has 3 nitrogen and oxygen atoms in total. The Morgan fingerprint density at radius 1 is 0.767 bits per heavy atom. The van der Waals surface area contributed by atoms with Gasteiger partial charge in [0.2, 0.25) is 5.91 Å². The molecule has 1 saturated heterocycles. The molecule has 3 aromatic rings. The van der Waals surface area contributed by atoms with Crippen molar-refractivity contribution in [2.45, 2.75) is 6.04 Å². The van der Waals surface area contributed by atoms with Gasteiger partial charge in [-0.2, -0.15) is 0 Å². The van der Waals surface area contributed by atoms with Crippen LogP contribution in [0.5, 0.6) is 0 Å². The lowest BCUT2D eigenvalue weighted by Crippen LogP contribution is -2.49. The maximum Gasteiger partial charge on any atom is 0.246 e. The van der Waals surface area contributed by atoms with Crippen molar-refractivity contribution in [1.82, 2.24) is 9.80 Å². The topological polar surface area (TPSA) is 23.6 Å². The van der Waals surface area contributed by atoms with Crippen molar-refractivity contribution in [3.8, 4) is 0 Å². The number of carbonyl (C=O) groups excluding carboxylic acids is 1. The van der Waals surface area contributed by atoms with Gasteiger partial charge in [-0.15, -0.1) is 0 Å². The van der Waals surface area contributed by atoms with Crippen molar-refractivity contribution in [3.63, 3.8) is 0 Å². The third-order valence-corrected chi connectivity index (χ3v) is 6.04. The second-order valence-corrected chi connectivity index (χ2v) is 8.39. The van der Waals surface area contributed by atoms with Crippen molar-refractivity contribution in [3.05, 3.63) is 112 Å². The highest BCUT2D eigenvalue weighted by Gasteiger charge is 2.27. The quantitative estimate of drug-likeness (QED) is 0.476. The first kappa shape index (κ1) is 20.6. The van der Waals surface area contributed by atoms with Crippen LogP contribution in [-0.4, -0.2) is 41.9 Å². The van der Waals surface area contributed by atoms with Crippen molar-refractivity contribution < 1.29 is 4.79 Å². The lowest BCUT2D eigenvalue weighted by atomic mass is 9.96. The van der Waals surface area contributed by atoms with Crippen LogP contribution in [-0.2, 0) is 4.79 Å². The van der Waals surface area contributed by atoms with Crippen molar-refractivity contribution >= 4 is 27.9 Å². The second kappa shape index (κ2) is 9.88. The summed E-state index contributed by atoms with van der Waals surface area (Å²) in [4.78, 5) is 17.1. The largest absolute Gasteiger partial charge is 0.337 e. The van der Waals surface area contributed by atoms with Crippen LogP contribution >= 0.6 is 15.9 Å². The Morgan fingerprint density at radius 3 is 1.83 bits per heavy atom. The van der Waals surface area contributed by atoms with Gasteiger partial charge in [0.05, 0.1) is 6.04 Å². The summed E-state index contributed by atoms with van der Waals surface area (Å²) in [6.07, 6.45) is 3.57. The Kier molecular flexibility index (Phi) is 6.77. The maximum atomic E-state index is 12.7. The highest BCUT2D eigenvalue weighted by Crippen LogP contribution is 2.29. The molecule has 152 valence electrons. The molecule has 4 rings (SSSR count). The predicted octanol–water partition coefficient (Wildman–Crippen LogP) is 5.40. The molecule has 0 N–H and O–H groups in total. The van der Waals surface area contributed by atoms with Gasteiger partial charge in [0.15, 0.2) is 0 Å². The van der Waals surface area contributed by atoms with E-state index in [1.807, 2.05) is 35.2 Å². The molecule has 1 amide bonds. The van der Waals surface area contributed by atoms with E-state index in [1.54, 1.807) is 6.08 Å². The lowest BCUT2D eigenvalue weighted by molar-refractivity contribution is -0.127. The molecule has 0 unspecified atom stereocenters. The summed E-state index contributed by atoms with van der Waals surface area (Å²) in [7, 11) is 0. The zero-order valence-corrected chi connectivity index (χ0v) is 18.4. The molecule has 1 heterocycles. The van der Waals surface area contributed by atoms with Crippen LogP contribution in [0.25, 0.3) is 6.08 Å². The Bertz CT molecular complexity index is 939. The van der Waals surface area contributed by atoms with Gasteiger partial charge in [-0.3, -0.25) is 9.69 Å². The molecule has 0 saturated carbocycles. The number of piperazine rings is 1. The summed E-state index contributed by atoms with van der Waals surface area (Å²) in [5.41, 5.74) is 3.61. The smallest absolute Gasteiger partial charge is 0.246 e. The van der Waals surface area contributed by atoms with E-state index in [2.05, 4.69) is 81.5 Å². The molecule has 0 atom stereocenters. The first-order valence-electron chi connectivity index (χ1n) is 10.3. The van der Waals surface area contributed by atoms with Gasteiger partial charge in [-0.1, -0.05) is 88.7 Å². The number of halogens is 1. The number of hydrogen-bond donors (Lipinski definition) is 0. The van der Waals surface area contributed by atoms with E-state index in [0.717, 1.165) is 36.2 Å². The molecule has 30 heavy (non-hydrogen) atoms. The summed E-state index contributed by atoms with van der Waals surface area (Å²) in [5.74, 6) is 0.0774. The van der Waals surface area contributed by atoms with E-state index in [9.17, 15) is 4.79 Å². The molecular formula is C26H25BrN2O. The fraction of sp³-hybridized carbons (Fsp3) is 0.192. The molecule has 0 spiro atoms. The summed E-state index contributed by atoms with van der Waals surface area (Å²) < 4.78 is 1.04. The van der Waals surface area contributed by atoms with Gasteiger partial charge in [-0.05, 0) is 34.9 Å². The number of carbonyl (C=O) groups is 1. The second-order valence-electron chi connectivity index (χ2n) is 7.47. The molecule has 1 fully saturated rings. The fourth-order valence-corrected chi connectivity index (χ4v) is 4.20. The molecular weight excluding hydrogens is 436 g/mol. The summed E-state index contributed by atoms with van der Waals surface area (Å²) in [6.45, 7) is 3.18. The van der Waals surface area contributed by atoms with Gasteiger partial charge in [0.1, 0.15) is 0 Å². The van der Waals surface area contributed by atoms with Gasteiger partial charge in [-0.25, -0.2) is 0 Å². The summed E-state index contributed by atoms with van der Waals surface area (Å²) >= 11 is 3.43. The monoisotopic (exact) mass is 460 g/mol. The Hall–Kier alpha value is -2.69. The number of rotatable bonds is 5. The number of amides is 1. The predicted molar refractivity (Wildman–Crippen MR) is 126 cm³/mol. The van der Waals surface area contributed by atoms with Crippen molar-refractivity contribution in [2.24, 2.45) is 0 Å². The average Bonchev–Trinajstić information content (AvgIpc) is 2.81. The number of nitrogens with zero attached hydrogens (tertiary/aromatic N) is 2. The molecule has 0 bridgehead atoms. The normalized spacial score (nSPS) is 15.1. The number of benzene rings is 3. The summed E-state index contributed by atoms with van der Waals surface area (Å²) in [6, 6.07) is 29.4. The lowest BCUT2D eigenvalue weighted by Gasteiger charge is -2.39. The maximum absolute atomic E-state index is 12.7. The van der Waals surface area contributed by atoms with Gasteiger partial charge in [0.25, 0.3) is 0 Å². The standard InChI is InChI=1S/C26H25BrN2O/c27-24-14-11-21(12-15-24)13-16-25(30)28-17-19-29(20-18-28)26(22-7-3-1-4-8-22)23-9-5-2-6-10-23/h1-16,26H,17-20H2. The van der Waals surface area contributed by atoms with E-state index in [1.165, 1.54) is 11.1 Å². The molecule has 4 heteroatoms. The van der Waals surface area contributed by atoms with Crippen LogP contribution in [0.15, 0.2) is 95.5 Å². The van der Waals surface area contributed by atoms with Crippen LogP contribution in [0.2, 0.25) is 0 Å². The Labute approximate surface area is 186 Å². The fourth-order valence-electron chi connectivity index (χ4n) is 3.93. The molecule has 1 aliphatic rings. The molecule has 0 radical (unpaired) electrons. The minimum absolute atomic E-state index is 0.0774. The average molecular weight is 461 g/mol. The third-order valence-electron chi connectivity index (χ3n) is 5.51. The number of hydrogen-bond acceptors (Lipinski definition) is 2. The minimum atomic E-state index is 0.0774. The van der Waals surface area contributed by atoms with E-state index in [4.69, 9.17) is 0 Å². The van der Waals surface area contributed by atoms with E-state index < -0.39 is 0 Å². The minimum Gasteiger partial charge on any atom is -0.337 e. The molecule has 0 aromatic heterocycles. The zero-order valence-electron chi connectivity index (χ0n) is 16.8. The van der Waals surface area contributed by atoms with Crippen molar-refractivity contribution in [1.29, 1.82) is 0 Å². The van der Waals surface area contributed by atoms with Crippen LogP contribution in [0.4, 0.5) is 0 Å². The molecule has 1 aliphatic heterocycles. The highest BCUT2D eigenvalue weighted by atomic mass is 79.9. The first-order chi connectivity index (χ1) is 14.7. The van der Waals surface area contributed by atoms with Crippen LogP contribution in [0.3, 0.4) is 0 Å². The van der Waals surface area contributed by atoms with Crippen LogP contribution in [0.1, 0.15) is 22.7 Å². The van der Waals surface area contributed by atoms with Gasteiger partial charge >= 0.3 is 0 Å². The third kappa shape index (κ3) is 5.07.